The summed E-state index contributed by atoms with van der Waals surface area (Å²) in [6.07, 6.45) is 3.18. The second-order valence-corrected chi connectivity index (χ2v) is 3.83. The molecular formula is C10H5BrN4O. The zero-order valence-corrected chi connectivity index (χ0v) is 9.60. The van der Waals surface area contributed by atoms with E-state index in [0.717, 1.165) is 4.47 Å². The summed E-state index contributed by atoms with van der Waals surface area (Å²) >= 11 is 3.30. The van der Waals surface area contributed by atoms with Crippen molar-refractivity contribution in [2.24, 2.45) is 0 Å². The summed E-state index contributed by atoms with van der Waals surface area (Å²) in [5.41, 5.74) is 0.938. The number of ether oxygens (including phenoxy) is 1. The molecule has 0 bridgehead atoms. The van der Waals surface area contributed by atoms with E-state index in [1.165, 1.54) is 6.20 Å². The second kappa shape index (κ2) is 4.21. The van der Waals surface area contributed by atoms with E-state index in [2.05, 4.69) is 20.9 Å². The fraction of sp³-hybridized carbons (Fsp3) is 0.100. The van der Waals surface area contributed by atoms with Crippen LogP contribution in [0, 0.1) is 22.7 Å². The van der Waals surface area contributed by atoms with E-state index in [4.69, 9.17) is 15.3 Å². The Hall–Kier alpha value is -2.05. The topological polar surface area (TPSA) is 74.1 Å². The zero-order valence-electron chi connectivity index (χ0n) is 8.01. The van der Waals surface area contributed by atoms with Gasteiger partial charge in [-0.25, -0.2) is 4.98 Å². The molecule has 6 heteroatoms. The lowest BCUT2D eigenvalue weighted by atomic mass is 10.4. The molecule has 0 N–H and O–H groups in total. The monoisotopic (exact) mass is 276 g/mol. The maximum Gasteiger partial charge on any atom is 0.180 e. The van der Waals surface area contributed by atoms with Crippen LogP contribution in [0.25, 0.3) is 5.65 Å². The average Bonchev–Trinajstić information content (AvgIpc) is 2.68. The number of pyridine rings is 1. The van der Waals surface area contributed by atoms with Crippen LogP contribution >= 0.6 is 15.9 Å². The molecule has 0 aliphatic carbocycles. The summed E-state index contributed by atoms with van der Waals surface area (Å²) in [6.45, 7) is -0.0547. The predicted molar refractivity (Wildman–Crippen MR) is 58.7 cm³/mol. The van der Waals surface area contributed by atoms with Crippen molar-refractivity contribution in [3.8, 4) is 17.9 Å². The van der Waals surface area contributed by atoms with Crippen LogP contribution < -0.4 is 4.74 Å². The zero-order chi connectivity index (χ0) is 11.5. The number of aromatic nitrogens is 2. The van der Waals surface area contributed by atoms with Gasteiger partial charge in [0, 0.05) is 10.7 Å². The van der Waals surface area contributed by atoms with E-state index in [1.54, 1.807) is 16.7 Å². The van der Waals surface area contributed by atoms with E-state index >= 15 is 0 Å². The van der Waals surface area contributed by atoms with Crippen molar-refractivity contribution in [1.29, 1.82) is 10.5 Å². The van der Waals surface area contributed by atoms with Gasteiger partial charge < -0.3 is 4.74 Å². The fourth-order valence-corrected chi connectivity index (χ4v) is 1.74. The van der Waals surface area contributed by atoms with Crippen molar-refractivity contribution in [3.05, 3.63) is 28.6 Å². The normalized spacial score (nSPS) is 9.69. The number of hydrogen-bond donors (Lipinski definition) is 0. The maximum atomic E-state index is 8.86. The van der Waals surface area contributed by atoms with E-state index in [-0.39, 0.29) is 6.61 Å². The van der Waals surface area contributed by atoms with Crippen LogP contribution in [-0.2, 0) is 0 Å². The Morgan fingerprint density at radius 2 is 2.31 bits per heavy atom. The lowest BCUT2D eigenvalue weighted by Gasteiger charge is -2.04. The van der Waals surface area contributed by atoms with Gasteiger partial charge in [0.05, 0.1) is 6.20 Å². The number of imidazole rings is 1. The van der Waals surface area contributed by atoms with Crippen LogP contribution in [0.2, 0.25) is 0 Å². The molecule has 16 heavy (non-hydrogen) atoms. The Bertz CT molecular complexity index is 620. The van der Waals surface area contributed by atoms with E-state index in [9.17, 15) is 0 Å². The van der Waals surface area contributed by atoms with Crippen LogP contribution in [0.15, 0.2) is 22.9 Å². The van der Waals surface area contributed by atoms with Crippen LogP contribution in [0.4, 0.5) is 0 Å². The second-order valence-electron chi connectivity index (χ2n) is 2.92. The molecule has 5 nitrogen and oxygen atoms in total. The summed E-state index contributed by atoms with van der Waals surface area (Å²) in [5, 5.41) is 17.3. The highest BCUT2D eigenvalue weighted by molar-refractivity contribution is 9.10. The molecule has 0 spiro atoms. The third-order valence-electron chi connectivity index (χ3n) is 1.95. The molecule has 0 unspecified atom stereocenters. The largest absolute Gasteiger partial charge is 0.475 e. The first-order valence-corrected chi connectivity index (χ1v) is 5.12. The Labute approximate surface area is 99.6 Å². The summed E-state index contributed by atoms with van der Waals surface area (Å²) in [7, 11) is 0. The molecule has 0 aliphatic heterocycles. The molecule has 0 fully saturated rings. The van der Waals surface area contributed by atoms with E-state index in [0.29, 0.717) is 17.1 Å². The third-order valence-corrected chi connectivity index (χ3v) is 2.38. The summed E-state index contributed by atoms with van der Waals surface area (Å²) in [6, 6.07) is 5.61. The maximum absolute atomic E-state index is 8.86. The minimum absolute atomic E-state index is 0.0547. The highest BCUT2D eigenvalue weighted by Gasteiger charge is 2.09. The number of rotatable bonds is 2. The smallest absolute Gasteiger partial charge is 0.180 e. The minimum atomic E-state index is -0.0547. The van der Waals surface area contributed by atoms with Gasteiger partial charge in [0.2, 0.25) is 0 Å². The quantitative estimate of drug-likeness (QED) is 0.839. The van der Waals surface area contributed by atoms with Crippen LogP contribution in [-0.4, -0.2) is 16.0 Å². The molecule has 2 aromatic heterocycles. The number of nitriles is 2. The molecule has 0 aliphatic rings. The van der Waals surface area contributed by atoms with Gasteiger partial charge in [-0.3, -0.25) is 4.40 Å². The molecule has 2 aromatic rings. The highest BCUT2D eigenvalue weighted by Crippen LogP contribution is 2.24. The Kier molecular flexibility index (Phi) is 2.76. The van der Waals surface area contributed by atoms with Crippen molar-refractivity contribution in [2.75, 3.05) is 6.61 Å². The Morgan fingerprint density at radius 1 is 1.50 bits per heavy atom. The van der Waals surface area contributed by atoms with Crippen LogP contribution in [0.1, 0.15) is 5.69 Å². The van der Waals surface area contributed by atoms with Gasteiger partial charge >= 0.3 is 0 Å². The lowest BCUT2D eigenvalue weighted by molar-refractivity contribution is 0.370. The van der Waals surface area contributed by atoms with Gasteiger partial charge in [-0.15, -0.1) is 0 Å². The molecule has 2 rings (SSSR count). The fourth-order valence-electron chi connectivity index (χ4n) is 1.32. The van der Waals surface area contributed by atoms with Gasteiger partial charge in [-0.05, 0) is 22.0 Å². The summed E-state index contributed by atoms with van der Waals surface area (Å²) < 4.78 is 7.58. The molecule has 0 saturated carbocycles. The Morgan fingerprint density at radius 3 is 3.00 bits per heavy atom. The highest BCUT2D eigenvalue weighted by atomic mass is 79.9. The van der Waals surface area contributed by atoms with Crippen molar-refractivity contribution >= 4 is 21.6 Å². The van der Waals surface area contributed by atoms with Gasteiger partial charge in [-0.2, -0.15) is 10.5 Å². The molecule has 2 heterocycles. The number of hydrogen-bond acceptors (Lipinski definition) is 4. The first kappa shape index (κ1) is 10.5. The SMILES string of the molecule is N#CCOc1cc(Br)cn2c(C#N)cnc12. The standard InChI is InChI=1S/C10H5BrN4O/c11-7-3-9(16-2-1-12)10-14-5-8(4-13)15(10)6-7/h3,5-6H,2H2. The molecule has 0 amide bonds. The third kappa shape index (κ3) is 1.71. The minimum Gasteiger partial charge on any atom is -0.475 e. The van der Waals surface area contributed by atoms with Crippen molar-refractivity contribution in [2.45, 2.75) is 0 Å². The molecular weight excluding hydrogens is 272 g/mol. The average molecular weight is 277 g/mol. The molecule has 78 valence electrons. The molecule has 0 radical (unpaired) electrons. The number of halogens is 1. The predicted octanol–water partition coefficient (Wildman–Crippen LogP) is 1.87. The Balaban J connectivity index is 2.62. The van der Waals surface area contributed by atoms with E-state index in [1.807, 2.05) is 12.1 Å². The van der Waals surface area contributed by atoms with Crippen LogP contribution in [0.3, 0.4) is 0 Å². The van der Waals surface area contributed by atoms with Crippen molar-refractivity contribution in [1.82, 2.24) is 9.38 Å². The van der Waals surface area contributed by atoms with E-state index < -0.39 is 0 Å². The number of nitrogens with zero attached hydrogens (tertiary/aromatic N) is 4. The summed E-state index contributed by atoms with van der Waals surface area (Å²) in [5.74, 6) is 0.470. The van der Waals surface area contributed by atoms with Gasteiger partial charge in [0.15, 0.2) is 18.0 Å². The number of fused-ring (bicyclic) bond motifs is 1. The molecule has 0 aromatic carbocycles. The molecule has 0 atom stereocenters. The lowest BCUT2D eigenvalue weighted by Crippen LogP contribution is -1.97. The van der Waals surface area contributed by atoms with Gasteiger partial charge in [0.1, 0.15) is 17.8 Å². The van der Waals surface area contributed by atoms with Gasteiger partial charge in [-0.1, -0.05) is 0 Å². The first-order chi connectivity index (χ1) is 7.76. The molecule has 0 saturated heterocycles. The summed E-state index contributed by atoms with van der Waals surface area (Å²) in [4.78, 5) is 4.07. The van der Waals surface area contributed by atoms with Gasteiger partial charge in [0.25, 0.3) is 0 Å². The van der Waals surface area contributed by atoms with Crippen molar-refractivity contribution < 1.29 is 4.74 Å². The van der Waals surface area contributed by atoms with Crippen molar-refractivity contribution in [3.63, 3.8) is 0 Å². The van der Waals surface area contributed by atoms with Crippen LogP contribution in [0.5, 0.6) is 5.75 Å². The first-order valence-electron chi connectivity index (χ1n) is 4.32.